The Morgan fingerprint density at radius 2 is 2.00 bits per heavy atom. The number of benzene rings is 1. The van der Waals surface area contributed by atoms with Crippen molar-refractivity contribution in [3.05, 3.63) is 35.9 Å². The summed E-state index contributed by atoms with van der Waals surface area (Å²) in [6.07, 6.45) is -0.994. The van der Waals surface area contributed by atoms with Crippen LogP contribution in [0.4, 0.5) is 4.79 Å². The number of ether oxygens (including phenoxy) is 1. The van der Waals surface area contributed by atoms with E-state index in [1.54, 1.807) is 24.3 Å². The lowest BCUT2D eigenvalue weighted by atomic mass is 10.1. The normalized spacial score (nSPS) is 18.8. The lowest BCUT2D eigenvalue weighted by Crippen LogP contribution is -2.47. The fraction of sp³-hybridized carbons (Fsp3) is 0.308. The molecule has 2 rings (SSSR count). The van der Waals surface area contributed by atoms with Gasteiger partial charge in [-0.05, 0) is 12.0 Å². The molecule has 1 saturated heterocycles. The molecule has 0 radical (unpaired) electrons. The molecule has 6 heteroatoms. The predicted molar refractivity (Wildman–Crippen MR) is 64.1 cm³/mol. The lowest BCUT2D eigenvalue weighted by Gasteiger charge is -2.29. The summed E-state index contributed by atoms with van der Waals surface area (Å²) in [7, 11) is 0. The fourth-order valence-corrected chi connectivity index (χ4v) is 1.98. The van der Waals surface area contributed by atoms with Gasteiger partial charge in [0.2, 0.25) is 0 Å². The van der Waals surface area contributed by atoms with E-state index in [0.717, 1.165) is 10.5 Å². The number of carbonyl (C=O) groups excluding carboxylic acids is 2. The highest BCUT2D eigenvalue weighted by molar-refractivity contribution is 5.92. The molecule has 0 spiro atoms. The van der Waals surface area contributed by atoms with Crippen molar-refractivity contribution in [1.29, 1.82) is 0 Å². The Morgan fingerprint density at radius 1 is 1.32 bits per heavy atom. The van der Waals surface area contributed by atoms with Gasteiger partial charge in [0.25, 0.3) is 0 Å². The standard InChI is InChI=1S/C13H13NO5/c15-11-7-6-10(12(16)19-11)14(13(17)18)8-9-4-2-1-3-5-9/h1-5,10H,6-8H2,(H,17,18)/t10-/m0/s1. The summed E-state index contributed by atoms with van der Waals surface area (Å²) in [5.41, 5.74) is 0.773. The van der Waals surface area contributed by atoms with Crippen LogP contribution in [-0.2, 0) is 20.9 Å². The minimum absolute atomic E-state index is 0.0506. The van der Waals surface area contributed by atoms with Gasteiger partial charge in [-0.3, -0.25) is 9.69 Å². The molecule has 1 amide bonds. The van der Waals surface area contributed by atoms with Crippen LogP contribution in [-0.4, -0.2) is 34.1 Å². The molecule has 1 aliphatic rings. The highest BCUT2D eigenvalue weighted by atomic mass is 16.6. The van der Waals surface area contributed by atoms with Gasteiger partial charge in [-0.2, -0.15) is 0 Å². The summed E-state index contributed by atoms with van der Waals surface area (Å²) in [5.74, 6) is -1.40. The smallest absolute Gasteiger partial charge is 0.408 e. The quantitative estimate of drug-likeness (QED) is 0.658. The monoisotopic (exact) mass is 263 g/mol. The fourth-order valence-electron chi connectivity index (χ4n) is 1.98. The maximum absolute atomic E-state index is 11.6. The van der Waals surface area contributed by atoms with Gasteiger partial charge >= 0.3 is 18.0 Å². The molecule has 1 fully saturated rings. The van der Waals surface area contributed by atoms with Crippen LogP contribution in [0.15, 0.2) is 30.3 Å². The van der Waals surface area contributed by atoms with Crippen LogP contribution in [0, 0.1) is 0 Å². The molecule has 1 aromatic carbocycles. The summed E-state index contributed by atoms with van der Waals surface area (Å²) < 4.78 is 4.48. The van der Waals surface area contributed by atoms with Crippen molar-refractivity contribution in [2.24, 2.45) is 0 Å². The first-order valence-electron chi connectivity index (χ1n) is 5.86. The molecule has 1 aliphatic heterocycles. The Morgan fingerprint density at radius 3 is 2.58 bits per heavy atom. The SMILES string of the molecule is O=C1CC[C@H](N(Cc2ccccc2)C(=O)O)C(=O)O1. The minimum Gasteiger partial charge on any atom is -0.465 e. The Kier molecular flexibility index (Phi) is 3.79. The van der Waals surface area contributed by atoms with Crippen molar-refractivity contribution < 1.29 is 24.2 Å². The van der Waals surface area contributed by atoms with Gasteiger partial charge in [0.15, 0.2) is 0 Å². The average Bonchev–Trinajstić information content (AvgIpc) is 2.38. The van der Waals surface area contributed by atoms with E-state index in [0.29, 0.717) is 0 Å². The Bertz CT molecular complexity index is 499. The zero-order valence-corrected chi connectivity index (χ0v) is 10.1. The summed E-state index contributed by atoms with van der Waals surface area (Å²) in [6.45, 7) is 0.0874. The van der Waals surface area contributed by atoms with E-state index in [4.69, 9.17) is 0 Å². The molecule has 1 N–H and O–H groups in total. The van der Waals surface area contributed by atoms with E-state index in [1.807, 2.05) is 6.07 Å². The van der Waals surface area contributed by atoms with Gasteiger partial charge < -0.3 is 9.84 Å². The number of esters is 2. The van der Waals surface area contributed by atoms with Crippen molar-refractivity contribution in [2.75, 3.05) is 0 Å². The second-order valence-corrected chi connectivity index (χ2v) is 4.24. The molecule has 1 heterocycles. The van der Waals surface area contributed by atoms with E-state index in [9.17, 15) is 19.5 Å². The number of carboxylic acid groups (broad SMARTS) is 1. The van der Waals surface area contributed by atoms with Crippen LogP contribution in [0.2, 0.25) is 0 Å². The summed E-state index contributed by atoms with van der Waals surface area (Å²) in [6, 6.07) is 8.03. The molecular formula is C13H13NO5. The van der Waals surface area contributed by atoms with Crippen LogP contribution < -0.4 is 0 Å². The summed E-state index contributed by atoms with van der Waals surface area (Å²) in [4.78, 5) is 34.8. The minimum atomic E-state index is -1.21. The zero-order valence-electron chi connectivity index (χ0n) is 10.1. The Labute approximate surface area is 109 Å². The molecule has 0 bridgehead atoms. The molecule has 1 aromatic rings. The van der Waals surface area contributed by atoms with E-state index in [1.165, 1.54) is 0 Å². The van der Waals surface area contributed by atoms with Crippen LogP contribution in [0.1, 0.15) is 18.4 Å². The van der Waals surface area contributed by atoms with Crippen LogP contribution in [0.3, 0.4) is 0 Å². The molecule has 0 aliphatic carbocycles. The molecule has 6 nitrogen and oxygen atoms in total. The predicted octanol–water partition coefficient (Wildman–Crippen LogP) is 1.40. The first-order valence-corrected chi connectivity index (χ1v) is 5.86. The number of carbonyl (C=O) groups is 3. The van der Waals surface area contributed by atoms with Crippen molar-refractivity contribution in [3.8, 4) is 0 Å². The molecule has 19 heavy (non-hydrogen) atoms. The third-order valence-electron chi connectivity index (χ3n) is 2.93. The first-order chi connectivity index (χ1) is 9.08. The highest BCUT2D eigenvalue weighted by Gasteiger charge is 2.36. The number of rotatable bonds is 3. The van der Waals surface area contributed by atoms with E-state index in [2.05, 4.69) is 4.74 Å². The maximum Gasteiger partial charge on any atom is 0.408 e. The van der Waals surface area contributed by atoms with Crippen LogP contribution in [0.5, 0.6) is 0 Å². The summed E-state index contributed by atoms with van der Waals surface area (Å²) >= 11 is 0. The molecule has 0 saturated carbocycles. The van der Waals surface area contributed by atoms with Gasteiger partial charge in [0.1, 0.15) is 6.04 Å². The van der Waals surface area contributed by atoms with Crippen LogP contribution in [0.25, 0.3) is 0 Å². The maximum atomic E-state index is 11.6. The van der Waals surface area contributed by atoms with Gasteiger partial charge in [0.05, 0.1) is 0 Å². The lowest BCUT2D eigenvalue weighted by molar-refractivity contribution is -0.168. The number of amides is 1. The van der Waals surface area contributed by atoms with Gasteiger partial charge in [-0.15, -0.1) is 0 Å². The molecule has 0 aromatic heterocycles. The molecule has 100 valence electrons. The van der Waals surface area contributed by atoms with Crippen molar-refractivity contribution in [1.82, 2.24) is 4.90 Å². The second-order valence-electron chi connectivity index (χ2n) is 4.24. The topological polar surface area (TPSA) is 83.9 Å². The molecular weight excluding hydrogens is 250 g/mol. The van der Waals surface area contributed by atoms with E-state index >= 15 is 0 Å². The van der Waals surface area contributed by atoms with E-state index < -0.39 is 24.1 Å². The highest BCUT2D eigenvalue weighted by Crippen LogP contribution is 2.18. The largest absolute Gasteiger partial charge is 0.465 e. The molecule has 0 unspecified atom stereocenters. The van der Waals surface area contributed by atoms with Crippen molar-refractivity contribution in [2.45, 2.75) is 25.4 Å². The van der Waals surface area contributed by atoms with Crippen LogP contribution >= 0.6 is 0 Å². The Hall–Kier alpha value is -2.37. The number of nitrogens with zero attached hydrogens (tertiary/aromatic N) is 1. The third kappa shape index (κ3) is 3.09. The Balaban J connectivity index is 2.14. The number of hydrogen-bond donors (Lipinski definition) is 1. The van der Waals surface area contributed by atoms with Gasteiger partial charge in [0, 0.05) is 13.0 Å². The van der Waals surface area contributed by atoms with Gasteiger partial charge in [-0.1, -0.05) is 30.3 Å². The summed E-state index contributed by atoms with van der Waals surface area (Å²) in [5, 5.41) is 9.20. The van der Waals surface area contributed by atoms with Gasteiger partial charge in [-0.25, -0.2) is 9.59 Å². The number of hydrogen-bond acceptors (Lipinski definition) is 4. The molecule has 1 atom stereocenters. The van der Waals surface area contributed by atoms with Crippen molar-refractivity contribution in [3.63, 3.8) is 0 Å². The number of cyclic esters (lactones) is 2. The first kappa shape index (κ1) is 13.1. The third-order valence-corrected chi connectivity index (χ3v) is 2.93. The van der Waals surface area contributed by atoms with E-state index in [-0.39, 0.29) is 19.4 Å². The zero-order chi connectivity index (χ0) is 13.8. The second kappa shape index (κ2) is 5.51. The van der Waals surface area contributed by atoms with Crippen molar-refractivity contribution >= 4 is 18.0 Å². The average molecular weight is 263 g/mol.